The van der Waals surface area contributed by atoms with Gasteiger partial charge < -0.3 is 5.32 Å². The lowest BCUT2D eigenvalue weighted by Gasteiger charge is -2.12. The van der Waals surface area contributed by atoms with Gasteiger partial charge in [0.05, 0.1) is 16.3 Å². The molecule has 0 aliphatic carbocycles. The molecule has 5 nitrogen and oxygen atoms in total. The second-order valence-electron chi connectivity index (χ2n) is 4.63. The highest BCUT2D eigenvalue weighted by atomic mass is 32.2. The van der Waals surface area contributed by atoms with Gasteiger partial charge in [-0.1, -0.05) is 12.1 Å². The summed E-state index contributed by atoms with van der Waals surface area (Å²) >= 11 is 1.37. The molecule has 0 unspecified atom stereocenters. The zero-order chi connectivity index (χ0) is 17.0. The highest BCUT2D eigenvalue weighted by Gasteiger charge is 2.18. The Morgan fingerprint density at radius 1 is 1.13 bits per heavy atom. The van der Waals surface area contributed by atoms with Crippen molar-refractivity contribution in [2.24, 2.45) is 0 Å². The first kappa shape index (κ1) is 17.3. The summed E-state index contributed by atoms with van der Waals surface area (Å²) in [5.74, 6) is -0.976. The second-order valence-corrected chi connectivity index (χ2v) is 7.16. The van der Waals surface area contributed by atoms with E-state index >= 15 is 0 Å². The molecular formula is C15H15FN2O3S2. The molecule has 0 saturated heterocycles. The first-order valence-corrected chi connectivity index (χ1v) is 9.27. The smallest absolute Gasteiger partial charge is 0.262 e. The minimum Gasteiger partial charge on any atom is -0.325 e. The molecule has 0 saturated carbocycles. The van der Waals surface area contributed by atoms with Gasteiger partial charge in [0, 0.05) is 11.8 Å². The molecule has 0 radical (unpaired) electrons. The van der Waals surface area contributed by atoms with Crippen LogP contribution < -0.4 is 10.0 Å². The molecule has 0 aromatic heterocycles. The van der Waals surface area contributed by atoms with Crippen LogP contribution in [0, 0.1) is 5.82 Å². The van der Waals surface area contributed by atoms with Crippen molar-refractivity contribution in [3.8, 4) is 0 Å². The number of rotatable bonds is 5. The van der Waals surface area contributed by atoms with E-state index in [1.54, 1.807) is 6.07 Å². The normalized spacial score (nSPS) is 11.1. The zero-order valence-corrected chi connectivity index (χ0v) is 14.1. The minimum absolute atomic E-state index is 0.0673. The van der Waals surface area contributed by atoms with E-state index in [1.165, 1.54) is 49.0 Å². The van der Waals surface area contributed by atoms with Gasteiger partial charge in [-0.3, -0.25) is 9.52 Å². The molecule has 8 heteroatoms. The fraction of sp³-hybridized carbons (Fsp3) is 0.133. The summed E-state index contributed by atoms with van der Waals surface area (Å²) in [6.45, 7) is 1.34. The van der Waals surface area contributed by atoms with Crippen LogP contribution in [-0.2, 0) is 14.8 Å². The summed E-state index contributed by atoms with van der Waals surface area (Å²) < 4.78 is 40.6. The predicted octanol–water partition coefficient (Wildman–Crippen LogP) is 3.31. The average molecular weight is 354 g/mol. The van der Waals surface area contributed by atoms with Gasteiger partial charge in [0.1, 0.15) is 5.82 Å². The van der Waals surface area contributed by atoms with Crippen LogP contribution in [0.2, 0.25) is 0 Å². The molecule has 0 aliphatic rings. The number of anilines is 2. The molecule has 0 fully saturated rings. The molecule has 2 aromatic carbocycles. The Kier molecular flexibility index (Phi) is 5.27. The van der Waals surface area contributed by atoms with Crippen LogP contribution in [-0.4, -0.2) is 20.6 Å². The maximum Gasteiger partial charge on any atom is 0.262 e. The van der Waals surface area contributed by atoms with E-state index in [4.69, 9.17) is 0 Å². The molecule has 0 heterocycles. The maximum absolute atomic E-state index is 13.6. The number of nitrogens with one attached hydrogen (secondary N) is 2. The molecule has 23 heavy (non-hydrogen) atoms. The zero-order valence-electron chi connectivity index (χ0n) is 12.5. The van der Waals surface area contributed by atoms with Crippen molar-refractivity contribution in [3.05, 3.63) is 48.3 Å². The van der Waals surface area contributed by atoms with Crippen LogP contribution in [0.1, 0.15) is 6.92 Å². The number of sulfonamides is 1. The summed E-state index contributed by atoms with van der Waals surface area (Å²) in [5, 5.41) is 2.59. The number of hydrogen-bond acceptors (Lipinski definition) is 4. The molecule has 2 rings (SSSR count). The molecule has 1 amide bonds. The summed E-state index contributed by atoms with van der Waals surface area (Å²) in [4.78, 5) is 11.9. The molecule has 0 spiro atoms. The van der Waals surface area contributed by atoms with Crippen LogP contribution >= 0.6 is 11.8 Å². The third-order valence-electron chi connectivity index (χ3n) is 2.91. The van der Waals surface area contributed by atoms with E-state index in [2.05, 4.69) is 10.0 Å². The maximum atomic E-state index is 13.6. The van der Waals surface area contributed by atoms with Crippen LogP contribution in [0.4, 0.5) is 15.8 Å². The highest BCUT2D eigenvalue weighted by Crippen LogP contribution is 2.29. The predicted molar refractivity (Wildman–Crippen MR) is 89.7 cm³/mol. The van der Waals surface area contributed by atoms with E-state index in [1.807, 2.05) is 6.26 Å². The van der Waals surface area contributed by atoms with Crippen molar-refractivity contribution in [2.45, 2.75) is 16.7 Å². The van der Waals surface area contributed by atoms with Gasteiger partial charge in [0.15, 0.2) is 0 Å². The second kappa shape index (κ2) is 7.01. The SMILES string of the molecule is CSc1ccc(S(=O)(=O)Nc2ccccc2F)cc1NC(C)=O. The molecular weight excluding hydrogens is 339 g/mol. The summed E-state index contributed by atoms with van der Waals surface area (Å²) in [5.41, 5.74) is 0.254. The number of hydrogen-bond donors (Lipinski definition) is 2. The van der Waals surface area contributed by atoms with Crippen molar-refractivity contribution in [1.29, 1.82) is 0 Å². The summed E-state index contributed by atoms with van der Waals surface area (Å²) in [7, 11) is -3.97. The van der Waals surface area contributed by atoms with Crippen molar-refractivity contribution in [2.75, 3.05) is 16.3 Å². The van der Waals surface area contributed by atoms with E-state index in [9.17, 15) is 17.6 Å². The van der Waals surface area contributed by atoms with Crippen molar-refractivity contribution in [3.63, 3.8) is 0 Å². The van der Waals surface area contributed by atoms with Gasteiger partial charge in [-0.05, 0) is 36.6 Å². The van der Waals surface area contributed by atoms with Crippen LogP contribution in [0.3, 0.4) is 0 Å². The first-order chi connectivity index (χ1) is 10.8. The number of amides is 1. The monoisotopic (exact) mass is 354 g/mol. The standard InChI is InChI=1S/C15H15FN2O3S2/c1-10(19)17-14-9-11(7-8-15(14)22-2)23(20,21)18-13-6-4-3-5-12(13)16/h3-9,18H,1-2H3,(H,17,19). The Labute approximate surface area is 138 Å². The quantitative estimate of drug-likeness (QED) is 0.808. The Morgan fingerprint density at radius 3 is 2.43 bits per heavy atom. The third kappa shape index (κ3) is 4.23. The number of thioether (sulfide) groups is 1. The summed E-state index contributed by atoms with van der Waals surface area (Å²) in [6, 6.07) is 9.83. The van der Waals surface area contributed by atoms with Gasteiger partial charge >= 0.3 is 0 Å². The fourth-order valence-corrected chi connectivity index (χ4v) is 3.52. The van der Waals surface area contributed by atoms with Gasteiger partial charge in [-0.2, -0.15) is 0 Å². The third-order valence-corrected chi connectivity index (χ3v) is 5.07. The van der Waals surface area contributed by atoms with Crippen molar-refractivity contribution in [1.82, 2.24) is 0 Å². The Morgan fingerprint density at radius 2 is 1.83 bits per heavy atom. The molecule has 0 bridgehead atoms. The minimum atomic E-state index is -3.97. The summed E-state index contributed by atoms with van der Waals surface area (Å²) in [6.07, 6.45) is 1.81. The van der Waals surface area contributed by atoms with E-state index in [0.29, 0.717) is 5.69 Å². The van der Waals surface area contributed by atoms with E-state index in [-0.39, 0.29) is 16.5 Å². The Hall–Kier alpha value is -2.06. The number of benzene rings is 2. The molecule has 2 aromatic rings. The molecule has 122 valence electrons. The lowest BCUT2D eigenvalue weighted by atomic mass is 10.3. The molecule has 0 atom stereocenters. The van der Waals surface area contributed by atoms with Gasteiger partial charge in [0.2, 0.25) is 5.91 Å². The molecule has 0 aliphatic heterocycles. The lowest BCUT2D eigenvalue weighted by molar-refractivity contribution is -0.114. The van der Waals surface area contributed by atoms with Crippen LogP contribution in [0.25, 0.3) is 0 Å². The fourth-order valence-electron chi connectivity index (χ4n) is 1.89. The highest BCUT2D eigenvalue weighted by molar-refractivity contribution is 7.98. The van der Waals surface area contributed by atoms with Crippen molar-refractivity contribution >= 4 is 39.1 Å². The van der Waals surface area contributed by atoms with Gasteiger partial charge in [-0.15, -0.1) is 11.8 Å². The van der Waals surface area contributed by atoms with Crippen LogP contribution in [0.5, 0.6) is 0 Å². The largest absolute Gasteiger partial charge is 0.325 e. The van der Waals surface area contributed by atoms with E-state index < -0.39 is 15.8 Å². The van der Waals surface area contributed by atoms with Gasteiger partial charge in [0.25, 0.3) is 10.0 Å². The number of halogens is 1. The van der Waals surface area contributed by atoms with Gasteiger partial charge in [-0.25, -0.2) is 12.8 Å². The molecule has 2 N–H and O–H groups in total. The Bertz CT molecular complexity index is 838. The first-order valence-electron chi connectivity index (χ1n) is 6.56. The lowest BCUT2D eigenvalue weighted by Crippen LogP contribution is -2.15. The van der Waals surface area contributed by atoms with E-state index in [0.717, 1.165) is 11.0 Å². The number of carbonyl (C=O) groups excluding carboxylic acids is 1. The Balaban J connectivity index is 2.40. The topological polar surface area (TPSA) is 75.3 Å². The van der Waals surface area contributed by atoms with Crippen molar-refractivity contribution < 1.29 is 17.6 Å². The van der Waals surface area contributed by atoms with Crippen LogP contribution in [0.15, 0.2) is 52.3 Å². The average Bonchev–Trinajstić information content (AvgIpc) is 2.49. The number of para-hydroxylation sites is 1. The number of carbonyl (C=O) groups is 1.